The lowest BCUT2D eigenvalue weighted by atomic mass is 9.82. The molecule has 0 bridgehead atoms. The van der Waals surface area contributed by atoms with Crippen LogP contribution in [-0.4, -0.2) is 24.4 Å². The van der Waals surface area contributed by atoms with Crippen molar-refractivity contribution < 1.29 is 4.79 Å². The van der Waals surface area contributed by atoms with Crippen LogP contribution in [-0.2, 0) is 4.79 Å². The first-order chi connectivity index (χ1) is 7.31. The average Bonchev–Trinajstić information content (AvgIpc) is 2.29. The van der Waals surface area contributed by atoms with Crippen molar-refractivity contribution in [3.05, 3.63) is 34.2 Å². The first-order valence-corrected chi connectivity index (χ1v) is 5.16. The van der Waals surface area contributed by atoms with Crippen LogP contribution in [0.1, 0.15) is 17.9 Å². The standard InChI is InChI=1S/C11H14N2O2/c14-7-9-6-12-3-2-10(9)8-1-4-13-11(15)5-8/h1,4-5,7,9-10,12H,2-3,6H2,(H,13,15)/t9-,10-/m1/s1. The smallest absolute Gasteiger partial charge is 0.248 e. The fraction of sp³-hybridized carbons (Fsp3) is 0.455. The summed E-state index contributed by atoms with van der Waals surface area (Å²) in [7, 11) is 0. The molecule has 0 saturated carbocycles. The minimum absolute atomic E-state index is 0.0134. The summed E-state index contributed by atoms with van der Waals surface area (Å²) < 4.78 is 0. The second kappa shape index (κ2) is 4.40. The van der Waals surface area contributed by atoms with E-state index in [1.165, 1.54) is 0 Å². The third-order valence-corrected chi connectivity index (χ3v) is 2.93. The number of rotatable bonds is 2. The van der Waals surface area contributed by atoms with Gasteiger partial charge in [0.25, 0.3) is 0 Å². The number of H-pyrrole nitrogens is 1. The average molecular weight is 206 g/mol. The molecule has 1 aromatic rings. The molecular weight excluding hydrogens is 192 g/mol. The summed E-state index contributed by atoms with van der Waals surface area (Å²) in [4.78, 5) is 24.7. The molecular formula is C11H14N2O2. The number of hydrogen-bond acceptors (Lipinski definition) is 3. The number of carbonyl (C=O) groups excluding carboxylic acids is 1. The second-order valence-electron chi connectivity index (χ2n) is 3.89. The van der Waals surface area contributed by atoms with Gasteiger partial charge in [0.15, 0.2) is 0 Å². The zero-order chi connectivity index (χ0) is 10.7. The summed E-state index contributed by atoms with van der Waals surface area (Å²) >= 11 is 0. The Morgan fingerprint density at radius 2 is 2.33 bits per heavy atom. The molecule has 1 aromatic heterocycles. The lowest BCUT2D eigenvalue weighted by Crippen LogP contribution is -2.36. The Bertz CT molecular complexity index is 400. The van der Waals surface area contributed by atoms with Gasteiger partial charge in [-0.2, -0.15) is 0 Å². The van der Waals surface area contributed by atoms with Crippen molar-refractivity contribution in [2.24, 2.45) is 5.92 Å². The van der Waals surface area contributed by atoms with Crippen LogP contribution in [0.15, 0.2) is 23.1 Å². The Kier molecular flexibility index (Phi) is 2.97. The summed E-state index contributed by atoms with van der Waals surface area (Å²) in [6.45, 7) is 1.61. The molecule has 1 saturated heterocycles. The number of carbonyl (C=O) groups is 1. The van der Waals surface area contributed by atoms with E-state index in [4.69, 9.17) is 0 Å². The predicted octanol–water partition coefficient (Wildman–Crippen LogP) is 0.267. The van der Waals surface area contributed by atoms with E-state index < -0.39 is 0 Å². The zero-order valence-corrected chi connectivity index (χ0v) is 8.40. The molecule has 0 radical (unpaired) electrons. The van der Waals surface area contributed by atoms with Crippen molar-refractivity contribution in [3.63, 3.8) is 0 Å². The first kappa shape index (κ1) is 10.1. The van der Waals surface area contributed by atoms with Crippen LogP contribution in [0.2, 0.25) is 0 Å². The maximum Gasteiger partial charge on any atom is 0.248 e. The van der Waals surface area contributed by atoms with Crippen molar-refractivity contribution >= 4 is 6.29 Å². The highest BCUT2D eigenvalue weighted by atomic mass is 16.1. The van der Waals surface area contributed by atoms with E-state index in [9.17, 15) is 9.59 Å². The van der Waals surface area contributed by atoms with Crippen molar-refractivity contribution in [1.82, 2.24) is 10.3 Å². The van der Waals surface area contributed by atoms with Crippen LogP contribution in [0.3, 0.4) is 0 Å². The van der Waals surface area contributed by atoms with Crippen molar-refractivity contribution in [3.8, 4) is 0 Å². The minimum atomic E-state index is -0.101. The molecule has 0 aliphatic carbocycles. The number of hydrogen-bond donors (Lipinski definition) is 2. The number of aromatic nitrogens is 1. The van der Waals surface area contributed by atoms with Crippen LogP contribution in [0.25, 0.3) is 0 Å². The van der Waals surface area contributed by atoms with E-state index in [1.807, 2.05) is 6.07 Å². The predicted molar refractivity (Wildman–Crippen MR) is 56.8 cm³/mol. The molecule has 1 fully saturated rings. The molecule has 2 atom stereocenters. The van der Waals surface area contributed by atoms with Crippen molar-refractivity contribution in [2.75, 3.05) is 13.1 Å². The van der Waals surface area contributed by atoms with Crippen LogP contribution in [0.5, 0.6) is 0 Å². The van der Waals surface area contributed by atoms with Gasteiger partial charge in [-0.25, -0.2) is 0 Å². The molecule has 0 unspecified atom stereocenters. The van der Waals surface area contributed by atoms with Gasteiger partial charge in [0.05, 0.1) is 0 Å². The molecule has 1 aliphatic heterocycles. The van der Waals surface area contributed by atoms with Gasteiger partial charge in [0.2, 0.25) is 5.56 Å². The van der Waals surface area contributed by atoms with Crippen molar-refractivity contribution in [2.45, 2.75) is 12.3 Å². The summed E-state index contributed by atoms with van der Waals surface area (Å²) in [6, 6.07) is 3.47. The number of piperidine rings is 1. The fourth-order valence-electron chi connectivity index (χ4n) is 2.13. The summed E-state index contributed by atoms with van der Waals surface area (Å²) in [5.41, 5.74) is 0.869. The van der Waals surface area contributed by atoms with Crippen molar-refractivity contribution in [1.29, 1.82) is 0 Å². The van der Waals surface area contributed by atoms with Gasteiger partial charge in [0.1, 0.15) is 6.29 Å². The summed E-state index contributed by atoms with van der Waals surface area (Å²) in [5, 5.41) is 3.18. The third kappa shape index (κ3) is 2.15. The zero-order valence-electron chi connectivity index (χ0n) is 8.40. The molecule has 2 rings (SSSR count). The van der Waals surface area contributed by atoms with Gasteiger partial charge in [-0.05, 0) is 30.5 Å². The molecule has 0 aromatic carbocycles. The number of pyridine rings is 1. The number of aromatic amines is 1. The number of nitrogens with one attached hydrogen (secondary N) is 2. The van der Waals surface area contributed by atoms with E-state index in [2.05, 4.69) is 10.3 Å². The maximum absolute atomic E-state index is 11.2. The van der Waals surface area contributed by atoms with Crippen LogP contribution < -0.4 is 10.9 Å². The summed E-state index contributed by atoms with van der Waals surface area (Å²) in [6.07, 6.45) is 3.53. The lowest BCUT2D eigenvalue weighted by Gasteiger charge is -2.28. The summed E-state index contributed by atoms with van der Waals surface area (Å²) in [5.74, 6) is 0.173. The van der Waals surface area contributed by atoms with E-state index in [-0.39, 0.29) is 17.4 Å². The molecule has 1 aliphatic rings. The van der Waals surface area contributed by atoms with Crippen LogP contribution in [0, 0.1) is 5.92 Å². The van der Waals surface area contributed by atoms with Gasteiger partial charge in [0, 0.05) is 24.7 Å². The van der Waals surface area contributed by atoms with Gasteiger partial charge in [-0.3, -0.25) is 4.79 Å². The Balaban J connectivity index is 2.27. The highest BCUT2D eigenvalue weighted by molar-refractivity contribution is 5.56. The minimum Gasteiger partial charge on any atom is -0.329 e. The quantitative estimate of drug-likeness (QED) is 0.683. The monoisotopic (exact) mass is 206 g/mol. The Morgan fingerprint density at radius 3 is 3.07 bits per heavy atom. The molecule has 2 N–H and O–H groups in total. The van der Waals surface area contributed by atoms with Crippen LogP contribution in [0.4, 0.5) is 0 Å². The van der Waals surface area contributed by atoms with Gasteiger partial charge >= 0.3 is 0 Å². The topological polar surface area (TPSA) is 62.0 Å². The van der Waals surface area contributed by atoms with Gasteiger partial charge in [-0.1, -0.05) is 0 Å². The third-order valence-electron chi connectivity index (χ3n) is 2.93. The molecule has 80 valence electrons. The van der Waals surface area contributed by atoms with E-state index in [0.29, 0.717) is 6.54 Å². The number of aldehydes is 1. The van der Waals surface area contributed by atoms with E-state index >= 15 is 0 Å². The van der Waals surface area contributed by atoms with E-state index in [0.717, 1.165) is 24.8 Å². The second-order valence-corrected chi connectivity index (χ2v) is 3.89. The largest absolute Gasteiger partial charge is 0.329 e. The SMILES string of the molecule is O=C[C@H]1CNCC[C@@H]1c1cc[nH]c(=O)c1. The molecule has 4 heteroatoms. The van der Waals surface area contributed by atoms with E-state index in [1.54, 1.807) is 12.3 Å². The fourth-order valence-corrected chi connectivity index (χ4v) is 2.13. The highest BCUT2D eigenvalue weighted by Gasteiger charge is 2.25. The first-order valence-electron chi connectivity index (χ1n) is 5.16. The van der Waals surface area contributed by atoms with Gasteiger partial charge < -0.3 is 15.1 Å². The normalized spacial score (nSPS) is 26.1. The maximum atomic E-state index is 11.2. The van der Waals surface area contributed by atoms with Gasteiger partial charge in [-0.15, -0.1) is 0 Å². The molecule has 4 nitrogen and oxygen atoms in total. The Morgan fingerprint density at radius 1 is 1.47 bits per heavy atom. The Hall–Kier alpha value is -1.42. The Labute approximate surface area is 87.7 Å². The molecule has 0 spiro atoms. The van der Waals surface area contributed by atoms with Crippen LogP contribution >= 0.6 is 0 Å². The molecule has 15 heavy (non-hydrogen) atoms. The molecule has 0 amide bonds. The molecule has 2 heterocycles. The lowest BCUT2D eigenvalue weighted by molar-refractivity contribution is -0.112. The highest BCUT2D eigenvalue weighted by Crippen LogP contribution is 2.27.